The van der Waals surface area contributed by atoms with Crippen LogP contribution >= 0.6 is 11.6 Å². The highest BCUT2D eigenvalue weighted by molar-refractivity contribution is 6.35. The average molecular weight is 691 g/mol. The molecule has 0 spiro atoms. The van der Waals surface area contributed by atoms with Gasteiger partial charge in [0.25, 0.3) is 0 Å². The van der Waals surface area contributed by atoms with Crippen LogP contribution in [0.5, 0.6) is 5.75 Å². The molecule has 0 saturated heterocycles. The van der Waals surface area contributed by atoms with Gasteiger partial charge in [0.2, 0.25) is 0 Å². The van der Waals surface area contributed by atoms with E-state index in [0.29, 0.717) is 49.1 Å². The van der Waals surface area contributed by atoms with Crippen molar-refractivity contribution in [2.75, 3.05) is 33.4 Å². The molecule has 49 heavy (non-hydrogen) atoms. The summed E-state index contributed by atoms with van der Waals surface area (Å²) < 4.78 is 36.4. The number of rotatable bonds is 11. The minimum Gasteiger partial charge on any atom is -0.493 e. The second-order valence-corrected chi connectivity index (χ2v) is 12.6. The fourth-order valence-electron chi connectivity index (χ4n) is 7.08. The molecule has 1 aliphatic heterocycles. The van der Waals surface area contributed by atoms with Crippen molar-refractivity contribution >= 4 is 39.2 Å². The maximum absolute atomic E-state index is 13.8. The Morgan fingerprint density at radius 1 is 1.12 bits per heavy atom. The number of aryl methyl sites for hydroxylation is 3. The Bertz CT molecular complexity index is 1930. The van der Waals surface area contributed by atoms with E-state index in [1.165, 1.54) is 12.1 Å². The molecule has 1 unspecified atom stereocenters. The van der Waals surface area contributed by atoms with Gasteiger partial charge in [-0.05, 0) is 100 Å². The first-order chi connectivity index (χ1) is 23.4. The number of esters is 1. The molecule has 1 aliphatic rings. The van der Waals surface area contributed by atoms with E-state index in [1.54, 1.807) is 6.07 Å². The van der Waals surface area contributed by atoms with Crippen molar-refractivity contribution in [3.8, 4) is 16.9 Å². The normalized spacial score (nSPS) is 14.7. The summed E-state index contributed by atoms with van der Waals surface area (Å²) in [6, 6.07) is 14.3. The third kappa shape index (κ3) is 7.21. The molecule has 6 rings (SSSR count). The maximum Gasteiger partial charge on any atom is 0.355 e. The van der Waals surface area contributed by atoms with Crippen molar-refractivity contribution < 1.29 is 23.4 Å². The summed E-state index contributed by atoms with van der Waals surface area (Å²) >= 11 is 7.18. The lowest BCUT2D eigenvalue weighted by molar-refractivity contribution is 0.0414. The Kier molecular flexibility index (Phi) is 12.0. The molecule has 5 aromatic rings. The molecule has 1 atom stereocenters. The summed E-state index contributed by atoms with van der Waals surface area (Å²) in [5.41, 5.74) is 6.21. The predicted molar refractivity (Wildman–Crippen MR) is 195 cm³/mol. The minimum absolute atomic E-state index is 0. The third-order valence-electron chi connectivity index (χ3n) is 9.21. The molecule has 0 amide bonds. The molecule has 0 bridgehead atoms. The number of ether oxygens (including phenoxy) is 3. The second kappa shape index (κ2) is 16.2. The topological polar surface area (TPSA) is 79.5 Å². The largest absolute Gasteiger partial charge is 0.493 e. The number of nitrogens with zero attached hydrogens (tertiary/aromatic N) is 3. The molecule has 3 aromatic carbocycles. The van der Waals surface area contributed by atoms with Gasteiger partial charge in [0.15, 0.2) is 0 Å². The van der Waals surface area contributed by atoms with Crippen LogP contribution in [0.2, 0.25) is 5.02 Å². The Balaban J connectivity index is 0.00000468. The van der Waals surface area contributed by atoms with E-state index in [0.717, 1.165) is 82.0 Å². The van der Waals surface area contributed by atoms with Gasteiger partial charge >= 0.3 is 5.97 Å². The number of hydrogen-bond acceptors (Lipinski definition) is 6. The van der Waals surface area contributed by atoms with Gasteiger partial charge in [-0.1, -0.05) is 44.2 Å². The molecule has 1 N–H and O–H groups in total. The second-order valence-electron chi connectivity index (χ2n) is 12.2. The van der Waals surface area contributed by atoms with E-state index in [-0.39, 0.29) is 31.9 Å². The summed E-state index contributed by atoms with van der Waals surface area (Å²) in [6.07, 6.45) is 4.19. The van der Waals surface area contributed by atoms with E-state index >= 15 is 0 Å². The zero-order valence-electron chi connectivity index (χ0n) is 28.2. The van der Waals surface area contributed by atoms with Crippen LogP contribution < -0.4 is 10.1 Å². The molecule has 0 saturated carbocycles. The van der Waals surface area contributed by atoms with Crippen LogP contribution in [0.25, 0.3) is 32.8 Å². The van der Waals surface area contributed by atoms with Crippen molar-refractivity contribution in [1.29, 1.82) is 0 Å². The first-order valence-electron chi connectivity index (χ1n) is 17.0. The number of halogens is 2. The summed E-state index contributed by atoms with van der Waals surface area (Å²) in [5.74, 6) is 0.0803. The monoisotopic (exact) mass is 690 g/mol. The van der Waals surface area contributed by atoms with Gasteiger partial charge in [0.05, 0.1) is 29.4 Å². The van der Waals surface area contributed by atoms with Gasteiger partial charge in [-0.2, -0.15) is 5.10 Å². The molecule has 0 aliphatic carbocycles. The molecule has 0 radical (unpaired) electrons. The number of nitrogens with one attached hydrogen (secondary N) is 1. The highest BCUT2D eigenvalue weighted by Crippen LogP contribution is 2.45. The fraction of sp³-hybridized carbons (Fsp3) is 0.436. The van der Waals surface area contributed by atoms with Crippen molar-refractivity contribution in [2.24, 2.45) is 7.05 Å². The number of carbonyl (C=O) groups is 1. The Morgan fingerprint density at radius 2 is 1.94 bits per heavy atom. The molecule has 3 heterocycles. The number of hydrogen-bond donors (Lipinski definition) is 1. The summed E-state index contributed by atoms with van der Waals surface area (Å²) in [4.78, 5) is 13.8. The number of carbonyl (C=O) groups excluding carboxylic acids is 1. The Labute approximate surface area is 293 Å². The predicted octanol–water partition coefficient (Wildman–Crippen LogP) is 8.84. The SMILES string of the molecule is C.CCOC(=O)c1c(CCCOc2cccc3cc(F)ccc23)c2ccc(Cl)c3c2n1CCCCOC(CCNC)c1nn(C)c(CC)c1-3. The van der Waals surface area contributed by atoms with Crippen molar-refractivity contribution in [1.82, 2.24) is 19.7 Å². The highest BCUT2D eigenvalue weighted by atomic mass is 35.5. The first kappa shape index (κ1) is 36.4. The number of aromatic nitrogens is 3. The smallest absolute Gasteiger partial charge is 0.355 e. The van der Waals surface area contributed by atoms with Crippen LogP contribution in [0.15, 0.2) is 48.5 Å². The van der Waals surface area contributed by atoms with Gasteiger partial charge < -0.3 is 24.1 Å². The number of fused-ring (bicyclic) bond motifs is 3. The molecule has 262 valence electrons. The highest BCUT2D eigenvalue weighted by Gasteiger charge is 2.32. The molecular formula is C39H48ClFN4O4. The van der Waals surface area contributed by atoms with Gasteiger partial charge in [0, 0.05) is 47.8 Å². The fourth-order valence-corrected chi connectivity index (χ4v) is 7.33. The Morgan fingerprint density at radius 3 is 2.71 bits per heavy atom. The molecular weight excluding hydrogens is 643 g/mol. The minimum atomic E-state index is -0.345. The lowest BCUT2D eigenvalue weighted by Crippen LogP contribution is -2.16. The van der Waals surface area contributed by atoms with Crippen LogP contribution in [0.3, 0.4) is 0 Å². The standard InChI is InChI=1S/C38H44ClFN4O4.CH4/c1-5-30-34-33-29(39)17-16-28-27(12-10-22-47-31-13-9-11-24-23-25(40)14-15-26(24)31)37(38(45)46-6-2)44(36(28)33)20-7-8-21-48-32(18-19-41-3)35(34)42-43(30)4;/h9,11,13-17,23,32,41H,5-8,10,12,18-22H2,1-4H3;1H4. The van der Waals surface area contributed by atoms with Crippen LogP contribution in [-0.2, 0) is 35.9 Å². The molecule has 0 fully saturated rings. The van der Waals surface area contributed by atoms with E-state index in [1.807, 2.05) is 56.0 Å². The lowest BCUT2D eigenvalue weighted by Gasteiger charge is -2.18. The van der Waals surface area contributed by atoms with E-state index in [9.17, 15) is 9.18 Å². The van der Waals surface area contributed by atoms with Gasteiger partial charge in [-0.25, -0.2) is 9.18 Å². The third-order valence-corrected chi connectivity index (χ3v) is 9.53. The Hall–Kier alpha value is -3.92. The summed E-state index contributed by atoms with van der Waals surface area (Å²) in [5, 5.41) is 11.5. The van der Waals surface area contributed by atoms with Crippen LogP contribution in [-0.4, -0.2) is 53.7 Å². The van der Waals surface area contributed by atoms with Crippen LogP contribution in [0.1, 0.15) is 80.5 Å². The van der Waals surface area contributed by atoms with E-state index in [2.05, 4.69) is 16.8 Å². The lowest BCUT2D eigenvalue weighted by atomic mass is 9.95. The summed E-state index contributed by atoms with van der Waals surface area (Å²) in [7, 11) is 3.92. The van der Waals surface area contributed by atoms with Crippen LogP contribution in [0.4, 0.5) is 4.39 Å². The first-order valence-corrected chi connectivity index (χ1v) is 17.4. The molecule has 10 heteroatoms. The van der Waals surface area contributed by atoms with E-state index in [4.69, 9.17) is 30.9 Å². The zero-order chi connectivity index (χ0) is 33.8. The zero-order valence-corrected chi connectivity index (χ0v) is 29.0. The molecule has 8 nitrogen and oxygen atoms in total. The maximum atomic E-state index is 13.8. The number of benzene rings is 3. The quantitative estimate of drug-likeness (QED) is 0.110. The van der Waals surface area contributed by atoms with E-state index < -0.39 is 0 Å². The van der Waals surface area contributed by atoms with Gasteiger partial charge in [-0.15, -0.1) is 0 Å². The molecule has 2 aromatic heterocycles. The van der Waals surface area contributed by atoms with Crippen LogP contribution in [0, 0.1) is 5.82 Å². The summed E-state index contributed by atoms with van der Waals surface area (Å²) in [6.45, 7) is 6.63. The van der Waals surface area contributed by atoms with Crippen molar-refractivity contribution in [3.05, 3.63) is 82.0 Å². The van der Waals surface area contributed by atoms with Crippen molar-refractivity contribution in [2.45, 2.75) is 72.4 Å². The van der Waals surface area contributed by atoms with Gasteiger partial charge in [0.1, 0.15) is 23.4 Å². The average Bonchev–Trinajstić information content (AvgIpc) is 3.56. The van der Waals surface area contributed by atoms with Gasteiger partial charge in [-0.3, -0.25) is 4.68 Å². The van der Waals surface area contributed by atoms with Crippen molar-refractivity contribution in [3.63, 3.8) is 0 Å².